The van der Waals surface area contributed by atoms with Crippen LogP contribution in [0, 0.1) is 13.8 Å². The van der Waals surface area contributed by atoms with Gasteiger partial charge in [-0.1, -0.05) is 66.6 Å². The summed E-state index contributed by atoms with van der Waals surface area (Å²) in [6.07, 6.45) is 1.94. The van der Waals surface area contributed by atoms with Gasteiger partial charge in [-0.15, -0.1) is 0 Å². The molecule has 0 unspecified atom stereocenters. The molecule has 0 aliphatic heterocycles. The van der Waals surface area contributed by atoms with Crippen LogP contribution in [0.3, 0.4) is 0 Å². The smallest absolute Gasteiger partial charge is 0.242 e. The van der Waals surface area contributed by atoms with Gasteiger partial charge in [0.15, 0.2) is 0 Å². The minimum absolute atomic E-state index is 0.000276. The summed E-state index contributed by atoms with van der Waals surface area (Å²) < 4.78 is 0. The third-order valence-electron chi connectivity index (χ3n) is 4.94. The molecule has 2 aromatic carbocycles. The van der Waals surface area contributed by atoms with Gasteiger partial charge < -0.3 is 10.2 Å². The molecule has 2 rings (SSSR count). The highest BCUT2D eigenvalue weighted by Crippen LogP contribution is 2.14. The van der Waals surface area contributed by atoms with Crippen molar-refractivity contribution in [3.05, 3.63) is 70.8 Å². The van der Waals surface area contributed by atoms with Crippen molar-refractivity contribution in [3.63, 3.8) is 0 Å². The van der Waals surface area contributed by atoms with Crippen molar-refractivity contribution in [3.8, 4) is 0 Å². The first-order chi connectivity index (χ1) is 13.4. The van der Waals surface area contributed by atoms with E-state index >= 15 is 0 Å². The fourth-order valence-electron chi connectivity index (χ4n) is 3.02. The van der Waals surface area contributed by atoms with Crippen molar-refractivity contribution in [1.29, 1.82) is 0 Å². The minimum atomic E-state index is -0.502. The summed E-state index contributed by atoms with van der Waals surface area (Å²) in [7, 11) is 0. The standard InChI is InChI=1S/C24H32N2O2/c1-5-16-25-24(28)20(4)26(17-22-12-8-19(3)9-13-22)23(27)15-14-21-10-6-18(2)7-11-21/h6-13,20H,5,14-17H2,1-4H3,(H,25,28)/t20-/m1/s1. The lowest BCUT2D eigenvalue weighted by Crippen LogP contribution is -2.47. The molecule has 28 heavy (non-hydrogen) atoms. The molecule has 0 saturated carbocycles. The number of carbonyl (C=O) groups excluding carboxylic acids is 2. The van der Waals surface area contributed by atoms with Crippen molar-refractivity contribution in [1.82, 2.24) is 10.2 Å². The normalized spacial score (nSPS) is 11.7. The summed E-state index contributed by atoms with van der Waals surface area (Å²) >= 11 is 0. The van der Waals surface area contributed by atoms with Crippen LogP contribution >= 0.6 is 0 Å². The lowest BCUT2D eigenvalue weighted by Gasteiger charge is -2.29. The first-order valence-corrected chi connectivity index (χ1v) is 10.1. The average molecular weight is 381 g/mol. The van der Waals surface area contributed by atoms with Gasteiger partial charge in [0.25, 0.3) is 0 Å². The molecule has 0 aromatic heterocycles. The first-order valence-electron chi connectivity index (χ1n) is 10.1. The molecule has 150 valence electrons. The zero-order chi connectivity index (χ0) is 20.5. The Kier molecular flexibility index (Phi) is 8.24. The van der Waals surface area contributed by atoms with Gasteiger partial charge in [-0.3, -0.25) is 9.59 Å². The Hall–Kier alpha value is -2.62. The SMILES string of the molecule is CCCNC(=O)[C@@H](C)N(Cc1ccc(C)cc1)C(=O)CCc1ccc(C)cc1. The number of nitrogens with one attached hydrogen (secondary N) is 1. The molecule has 0 aliphatic rings. The molecule has 0 radical (unpaired) electrons. The molecule has 4 nitrogen and oxygen atoms in total. The summed E-state index contributed by atoms with van der Waals surface area (Å²) in [5.74, 6) is -0.0991. The highest BCUT2D eigenvalue weighted by molar-refractivity contribution is 5.87. The van der Waals surface area contributed by atoms with Crippen LogP contribution in [0.2, 0.25) is 0 Å². The van der Waals surface area contributed by atoms with Crippen molar-refractivity contribution < 1.29 is 9.59 Å². The zero-order valence-corrected chi connectivity index (χ0v) is 17.5. The lowest BCUT2D eigenvalue weighted by atomic mass is 10.1. The molecule has 2 aromatic rings. The molecular weight excluding hydrogens is 348 g/mol. The van der Waals surface area contributed by atoms with Crippen LogP contribution < -0.4 is 5.32 Å². The second-order valence-corrected chi connectivity index (χ2v) is 7.46. The van der Waals surface area contributed by atoms with E-state index in [1.807, 2.05) is 45.0 Å². The highest BCUT2D eigenvalue weighted by Gasteiger charge is 2.25. The Morgan fingerprint density at radius 1 is 0.929 bits per heavy atom. The number of benzene rings is 2. The quantitative estimate of drug-likeness (QED) is 0.709. The second-order valence-electron chi connectivity index (χ2n) is 7.46. The summed E-state index contributed by atoms with van der Waals surface area (Å²) in [5, 5.41) is 2.91. The molecule has 0 fully saturated rings. The Morgan fingerprint density at radius 3 is 2.00 bits per heavy atom. The molecule has 1 atom stereocenters. The van der Waals surface area contributed by atoms with Gasteiger partial charge in [-0.05, 0) is 44.7 Å². The number of aryl methyl sites for hydroxylation is 3. The number of nitrogens with zero attached hydrogens (tertiary/aromatic N) is 1. The molecule has 0 aliphatic carbocycles. The van der Waals surface area contributed by atoms with Gasteiger partial charge in [0, 0.05) is 19.5 Å². The van der Waals surface area contributed by atoms with Crippen LogP contribution in [0.15, 0.2) is 48.5 Å². The topological polar surface area (TPSA) is 49.4 Å². The number of amides is 2. The molecule has 0 spiro atoms. The molecule has 1 N–H and O–H groups in total. The number of carbonyl (C=O) groups is 2. The maximum atomic E-state index is 13.0. The summed E-state index contributed by atoms with van der Waals surface area (Å²) in [6, 6.07) is 15.8. The molecule has 0 saturated heterocycles. The van der Waals surface area contributed by atoms with Crippen LogP contribution in [-0.4, -0.2) is 29.3 Å². The lowest BCUT2D eigenvalue weighted by molar-refractivity contribution is -0.140. The maximum absolute atomic E-state index is 13.0. The Labute approximate surface area is 169 Å². The fraction of sp³-hybridized carbons (Fsp3) is 0.417. The molecular formula is C24H32N2O2. The van der Waals surface area contributed by atoms with Crippen molar-refractivity contribution in [2.24, 2.45) is 0 Å². The molecule has 4 heteroatoms. The van der Waals surface area contributed by atoms with Gasteiger partial charge in [0.05, 0.1) is 0 Å². The van der Waals surface area contributed by atoms with E-state index in [-0.39, 0.29) is 11.8 Å². The van der Waals surface area contributed by atoms with Gasteiger partial charge in [-0.2, -0.15) is 0 Å². The third-order valence-corrected chi connectivity index (χ3v) is 4.94. The highest BCUT2D eigenvalue weighted by atomic mass is 16.2. The van der Waals surface area contributed by atoms with E-state index in [0.717, 1.165) is 17.5 Å². The Balaban J connectivity index is 2.10. The van der Waals surface area contributed by atoms with Crippen molar-refractivity contribution in [2.45, 2.75) is 59.5 Å². The van der Waals surface area contributed by atoms with Gasteiger partial charge in [-0.25, -0.2) is 0 Å². The maximum Gasteiger partial charge on any atom is 0.242 e. The van der Waals surface area contributed by atoms with E-state index in [2.05, 4.69) is 36.5 Å². The number of rotatable bonds is 9. The van der Waals surface area contributed by atoms with Gasteiger partial charge in [0.1, 0.15) is 6.04 Å². The monoisotopic (exact) mass is 380 g/mol. The van der Waals surface area contributed by atoms with Crippen molar-refractivity contribution in [2.75, 3.05) is 6.54 Å². The van der Waals surface area contributed by atoms with Crippen LogP contribution in [-0.2, 0) is 22.6 Å². The van der Waals surface area contributed by atoms with E-state index in [1.54, 1.807) is 4.90 Å². The molecule has 0 heterocycles. The predicted molar refractivity (Wildman–Crippen MR) is 114 cm³/mol. The van der Waals surface area contributed by atoms with E-state index in [0.29, 0.717) is 25.9 Å². The van der Waals surface area contributed by atoms with Crippen molar-refractivity contribution >= 4 is 11.8 Å². The van der Waals surface area contributed by atoms with E-state index < -0.39 is 6.04 Å². The second kappa shape index (κ2) is 10.6. The van der Waals surface area contributed by atoms with Crippen LogP contribution in [0.1, 0.15) is 48.9 Å². The largest absolute Gasteiger partial charge is 0.354 e. The number of hydrogen-bond donors (Lipinski definition) is 1. The molecule has 2 amide bonds. The summed E-state index contributed by atoms with van der Waals surface area (Å²) in [4.78, 5) is 27.2. The third kappa shape index (κ3) is 6.52. The zero-order valence-electron chi connectivity index (χ0n) is 17.5. The Bertz CT molecular complexity index is 766. The molecule has 0 bridgehead atoms. The van der Waals surface area contributed by atoms with Crippen LogP contribution in [0.4, 0.5) is 0 Å². The van der Waals surface area contributed by atoms with Crippen LogP contribution in [0.5, 0.6) is 0 Å². The van der Waals surface area contributed by atoms with Crippen LogP contribution in [0.25, 0.3) is 0 Å². The van der Waals surface area contributed by atoms with Gasteiger partial charge >= 0.3 is 0 Å². The van der Waals surface area contributed by atoms with E-state index in [4.69, 9.17) is 0 Å². The first kappa shape index (κ1) is 21.7. The summed E-state index contributed by atoms with van der Waals surface area (Å²) in [5.41, 5.74) is 4.55. The van der Waals surface area contributed by atoms with E-state index in [1.165, 1.54) is 11.1 Å². The van der Waals surface area contributed by atoms with Gasteiger partial charge in [0.2, 0.25) is 11.8 Å². The Morgan fingerprint density at radius 2 is 1.46 bits per heavy atom. The predicted octanol–water partition coefficient (Wildman–Crippen LogP) is 4.18. The number of hydrogen-bond acceptors (Lipinski definition) is 2. The van der Waals surface area contributed by atoms with E-state index in [9.17, 15) is 9.59 Å². The summed E-state index contributed by atoms with van der Waals surface area (Å²) in [6.45, 7) is 8.97. The average Bonchev–Trinajstić information content (AvgIpc) is 2.70. The minimum Gasteiger partial charge on any atom is -0.354 e. The fourth-order valence-corrected chi connectivity index (χ4v) is 3.02.